The number of benzene rings is 2. The Kier molecular flexibility index (Phi) is 2.59. The molecule has 0 aromatic heterocycles. The summed E-state index contributed by atoms with van der Waals surface area (Å²) in [7, 11) is 0. The molecule has 2 aliphatic heterocycles. The van der Waals surface area contributed by atoms with Crippen molar-refractivity contribution in [1.82, 2.24) is 9.78 Å². The number of fused-ring (bicyclic) bond motifs is 3. The van der Waals surface area contributed by atoms with Gasteiger partial charge in [-0.15, -0.1) is 0 Å². The number of aromatic nitrogens is 2. The van der Waals surface area contributed by atoms with E-state index in [4.69, 9.17) is 16.0 Å². The van der Waals surface area contributed by atoms with Crippen molar-refractivity contribution in [2.45, 2.75) is 0 Å². The summed E-state index contributed by atoms with van der Waals surface area (Å²) < 4.78 is 6.86. The molecule has 0 aliphatic carbocycles. The summed E-state index contributed by atoms with van der Waals surface area (Å²) in [4.78, 5) is 12.5. The molecule has 0 saturated heterocycles. The molecule has 0 N–H and O–H groups in total. The fraction of sp³-hybridized carbons (Fsp3) is 0. The van der Waals surface area contributed by atoms with Crippen LogP contribution in [0.25, 0.3) is 27.9 Å². The Morgan fingerprint density at radius 2 is 1.81 bits per heavy atom. The van der Waals surface area contributed by atoms with Crippen LogP contribution in [-0.2, 0) is 0 Å². The van der Waals surface area contributed by atoms with E-state index in [2.05, 4.69) is 5.10 Å². The van der Waals surface area contributed by atoms with Gasteiger partial charge in [-0.25, -0.2) is 0 Å². The Bertz CT molecular complexity index is 970. The molecule has 102 valence electrons. The van der Waals surface area contributed by atoms with Crippen LogP contribution in [0.2, 0.25) is 5.02 Å². The average Bonchev–Trinajstić information content (AvgIpc) is 2.86. The first-order valence-electron chi connectivity index (χ1n) is 6.39. The fourth-order valence-corrected chi connectivity index (χ4v) is 2.49. The SMILES string of the molecule is O=c1c2coc3ccccc3c-2nn1-c1ccc(Cl)cc1. The molecule has 2 heterocycles. The number of hydrogen-bond donors (Lipinski definition) is 0. The van der Waals surface area contributed by atoms with Crippen molar-refractivity contribution in [2.75, 3.05) is 0 Å². The van der Waals surface area contributed by atoms with Gasteiger partial charge in [-0.05, 0) is 36.4 Å². The Balaban J connectivity index is 2.05. The summed E-state index contributed by atoms with van der Waals surface area (Å²) in [5.74, 6) is 0. The highest BCUT2D eigenvalue weighted by atomic mass is 35.5. The Morgan fingerprint density at radius 1 is 1.05 bits per heavy atom. The summed E-state index contributed by atoms with van der Waals surface area (Å²) in [5.41, 5.74) is 2.26. The van der Waals surface area contributed by atoms with Gasteiger partial charge < -0.3 is 4.42 Å². The summed E-state index contributed by atoms with van der Waals surface area (Å²) in [6, 6.07) is 14.5. The predicted octanol–water partition coefficient (Wildman–Crippen LogP) is 3.74. The normalized spacial score (nSPS) is 11.3. The molecule has 0 fully saturated rings. The third-order valence-corrected chi connectivity index (χ3v) is 3.65. The van der Waals surface area contributed by atoms with Gasteiger partial charge in [0.15, 0.2) is 0 Å². The second kappa shape index (κ2) is 4.46. The van der Waals surface area contributed by atoms with Gasteiger partial charge in [0.2, 0.25) is 0 Å². The number of rotatable bonds is 1. The minimum atomic E-state index is -0.207. The minimum Gasteiger partial charge on any atom is -0.463 e. The Labute approximate surface area is 124 Å². The second-order valence-corrected chi connectivity index (χ2v) is 5.12. The van der Waals surface area contributed by atoms with E-state index in [9.17, 15) is 4.79 Å². The third-order valence-electron chi connectivity index (χ3n) is 3.40. The van der Waals surface area contributed by atoms with Crippen LogP contribution in [0.5, 0.6) is 0 Å². The van der Waals surface area contributed by atoms with Crippen molar-refractivity contribution in [2.24, 2.45) is 0 Å². The molecule has 4 nitrogen and oxygen atoms in total. The van der Waals surface area contributed by atoms with Crippen LogP contribution in [0.3, 0.4) is 0 Å². The highest BCUT2D eigenvalue weighted by Crippen LogP contribution is 2.27. The van der Waals surface area contributed by atoms with Gasteiger partial charge in [-0.3, -0.25) is 4.79 Å². The van der Waals surface area contributed by atoms with Crippen LogP contribution in [-0.4, -0.2) is 9.78 Å². The van der Waals surface area contributed by atoms with E-state index >= 15 is 0 Å². The van der Waals surface area contributed by atoms with Crippen LogP contribution in [0.15, 0.2) is 64.0 Å². The van der Waals surface area contributed by atoms with Crippen molar-refractivity contribution in [1.29, 1.82) is 0 Å². The van der Waals surface area contributed by atoms with Gasteiger partial charge >= 0.3 is 0 Å². The molecule has 2 aromatic carbocycles. The van der Waals surface area contributed by atoms with E-state index in [1.807, 2.05) is 24.3 Å². The number of halogens is 1. The smallest absolute Gasteiger partial charge is 0.284 e. The summed E-state index contributed by atoms with van der Waals surface area (Å²) >= 11 is 5.87. The maximum atomic E-state index is 12.5. The van der Waals surface area contributed by atoms with Gasteiger partial charge in [0.1, 0.15) is 23.1 Å². The average molecular weight is 297 g/mol. The first kappa shape index (κ1) is 12.2. The van der Waals surface area contributed by atoms with E-state index in [0.29, 0.717) is 27.6 Å². The van der Waals surface area contributed by atoms with Gasteiger partial charge in [-0.1, -0.05) is 23.7 Å². The number of hydrogen-bond acceptors (Lipinski definition) is 3. The molecule has 0 spiro atoms. The largest absolute Gasteiger partial charge is 0.463 e. The predicted molar refractivity (Wildman–Crippen MR) is 81.2 cm³/mol. The summed E-state index contributed by atoms with van der Waals surface area (Å²) in [5, 5.41) is 5.87. The lowest BCUT2D eigenvalue weighted by molar-refractivity contribution is 0.605. The van der Waals surface area contributed by atoms with Crippen LogP contribution >= 0.6 is 11.6 Å². The molecule has 5 heteroatoms. The molecule has 0 saturated carbocycles. The Morgan fingerprint density at radius 3 is 2.62 bits per heavy atom. The van der Waals surface area contributed by atoms with Crippen LogP contribution in [0, 0.1) is 0 Å². The molecule has 21 heavy (non-hydrogen) atoms. The molecule has 0 atom stereocenters. The van der Waals surface area contributed by atoms with Crippen molar-refractivity contribution in [3.8, 4) is 16.9 Å². The van der Waals surface area contributed by atoms with E-state index in [-0.39, 0.29) is 5.56 Å². The monoisotopic (exact) mass is 296 g/mol. The molecule has 2 aliphatic rings. The van der Waals surface area contributed by atoms with Crippen LogP contribution in [0.1, 0.15) is 0 Å². The van der Waals surface area contributed by atoms with Gasteiger partial charge in [-0.2, -0.15) is 9.78 Å². The van der Waals surface area contributed by atoms with Crippen LogP contribution < -0.4 is 5.56 Å². The second-order valence-electron chi connectivity index (χ2n) is 4.69. The van der Waals surface area contributed by atoms with Crippen molar-refractivity contribution >= 4 is 22.6 Å². The number of nitrogens with zero attached hydrogens (tertiary/aromatic N) is 2. The highest BCUT2D eigenvalue weighted by Gasteiger charge is 2.19. The maximum Gasteiger partial charge on any atom is 0.284 e. The van der Waals surface area contributed by atoms with Crippen molar-refractivity contribution in [3.05, 3.63) is 70.2 Å². The number of para-hydroxylation sites is 1. The highest BCUT2D eigenvalue weighted by molar-refractivity contribution is 6.30. The maximum absolute atomic E-state index is 12.5. The van der Waals surface area contributed by atoms with Gasteiger partial charge in [0.05, 0.1) is 5.69 Å². The van der Waals surface area contributed by atoms with Crippen molar-refractivity contribution in [3.63, 3.8) is 0 Å². The zero-order valence-corrected chi connectivity index (χ0v) is 11.5. The Hall–Kier alpha value is -2.59. The minimum absolute atomic E-state index is 0.207. The standard InChI is InChI=1S/C16H9ClN2O2/c17-10-5-7-11(8-6-10)19-16(20)13-9-21-14-4-2-1-3-12(14)15(13)18-19/h1-9H. The molecular formula is C16H9ClN2O2. The summed E-state index contributed by atoms with van der Waals surface area (Å²) in [6.07, 6.45) is 1.46. The molecule has 2 aromatic rings. The lowest BCUT2D eigenvalue weighted by atomic mass is 10.1. The molecule has 0 amide bonds. The van der Waals surface area contributed by atoms with Gasteiger partial charge in [0, 0.05) is 10.4 Å². The van der Waals surface area contributed by atoms with Crippen LogP contribution in [0.4, 0.5) is 0 Å². The summed E-state index contributed by atoms with van der Waals surface area (Å²) in [6.45, 7) is 0. The van der Waals surface area contributed by atoms with E-state index < -0.39 is 0 Å². The first-order chi connectivity index (χ1) is 10.2. The lowest BCUT2D eigenvalue weighted by Crippen LogP contribution is -2.14. The first-order valence-corrected chi connectivity index (χ1v) is 6.77. The lowest BCUT2D eigenvalue weighted by Gasteiger charge is -2.00. The van der Waals surface area contributed by atoms with E-state index in [1.54, 1.807) is 24.3 Å². The van der Waals surface area contributed by atoms with E-state index in [1.165, 1.54) is 10.9 Å². The molecule has 4 rings (SSSR count). The molecule has 0 unspecified atom stereocenters. The van der Waals surface area contributed by atoms with Gasteiger partial charge in [0.25, 0.3) is 5.56 Å². The molecular weight excluding hydrogens is 288 g/mol. The van der Waals surface area contributed by atoms with Crippen molar-refractivity contribution < 1.29 is 4.42 Å². The zero-order chi connectivity index (χ0) is 14.4. The quantitative estimate of drug-likeness (QED) is 0.537. The molecule has 0 radical (unpaired) electrons. The fourth-order valence-electron chi connectivity index (χ4n) is 2.36. The third kappa shape index (κ3) is 1.84. The van der Waals surface area contributed by atoms with E-state index in [0.717, 1.165) is 5.39 Å². The topological polar surface area (TPSA) is 48.0 Å². The zero-order valence-electron chi connectivity index (χ0n) is 10.8. The molecule has 0 bridgehead atoms.